The van der Waals surface area contributed by atoms with Gasteiger partial charge in [-0.25, -0.2) is 4.98 Å². The molecule has 5 heteroatoms. The number of nitrogens with zero attached hydrogens (tertiary/aromatic N) is 3. The van der Waals surface area contributed by atoms with Crippen LogP contribution in [0.15, 0.2) is 18.5 Å². The van der Waals surface area contributed by atoms with Crippen LogP contribution in [0.2, 0.25) is 0 Å². The molecule has 0 N–H and O–H groups in total. The van der Waals surface area contributed by atoms with Gasteiger partial charge in [-0.2, -0.15) is 0 Å². The molecule has 0 amide bonds. The minimum Gasteiger partial charge on any atom is -0.380 e. The van der Waals surface area contributed by atoms with E-state index in [4.69, 9.17) is 16.3 Å². The van der Waals surface area contributed by atoms with E-state index in [1.54, 1.807) is 19.5 Å². The number of hydrogen-bond donors (Lipinski definition) is 0. The Morgan fingerprint density at radius 1 is 1.56 bits per heavy atom. The van der Waals surface area contributed by atoms with Crippen LogP contribution in [0.25, 0.3) is 11.0 Å². The molecule has 0 bridgehead atoms. The summed E-state index contributed by atoms with van der Waals surface area (Å²) < 4.78 is 7.35. The SMILES string of the molecule is COC(C)Cn1c(CCl)nc2cnccc21. The first-order chi connectivity index (χ1) is 7.76. The predicted octanol–water partition coefficient (Wildman–Crippen LogP) is 2.21. The molecule has 0 radical (unpaired) electrons. The van der Waals surface area contributed by atoms with Crippen molar-refractivity contribution in [2.75, 3.05) is 7.11 Å². The van der Waals surface area contributed by atoms with E-state index < -0.39 is 0 Å². The Balaban J connectivity index is 2.47. The highest BCUT2D eigenvalue weighted by Crippen LogP contribution is 2.17. The number of ether oxygens (including phenoxy) is 1. The molecular formula is C11H14ClN3O. The van der Waals surface area contributed by atoms with Crippen molar-refractivity contribution in [1.29, 1.82) is 0 Å². The van der Waals surface area contributed by atoms with Crippen molar-refractivity contribution in [1.82, 2.24) is 14.5 Å². The molecule has 0 spiro atoms. The average molecular weight is 240 g/mol. The van der Waals surface area contributed by atoms with Crippen LogP contribution in [0, 0.1) is 0 Å². The number of alkyl halides is 1. The van der Waals surface area contributed by atoms with Crippen LogP contribution in [0.5, 0.6) is 0 Å². The van der Waals surface area contributed by atoms with Crippen molar-refractivity contribution in [3.63, 3.8) is 0 Å². The van der Waals surface area contributed by atoms with Gasteiger partial charge in [0.2, 0.25) is 0 Å². The first-order valence-corrected chi connectivity index (χ1v) is 5.67. The fourth-order valence-electron chi connectivity index (χ4n) is 1.67. The second-order valence-electron chi connectivity index (χ2n) is 3.68. The zero-order valence-electron chi connectivity index (χ0n) is 9.35. The minimum absolute atomic E-state index is 0.132. The second-order valence-corrected chi connectivity index (χ2v) is 3.95. The molecule has 2 rings (SSSR count). The number of rotatable bonds is 4. The zero-order chi connectivity index (χ0) is 11.5. The van der Waals surface area contributed by atoms with E-state index in [0.29, 0.717) is 5.88 Å². The molecule has 86 valence electrons. The van der Waals surface area contributed by atoms with Gasteiger partial charge in [-0.1, -0.05) is 0 Å². The molecular weight excluding hydrogens is 226 g/mol. The summed E-state index contributed by atoms with van der Waals surface area (Å²) in [5.74, 6) is 1.25. The van der Waals surface area contributed by atoms with Gasteiger partial charge in [0.1, 0.15) is 11.3 Å². The van der Waals surface area contributed by atoms with E-state index in [0.717, 1.165) is 23.4 Å². The van der Waals surface area contributed by atoms with E-state index in [2.05, 4.69) is 14.5 Å². The molecule has 1 atom stereocenters. The molecule has 0 aliphatic heterocycles. The predicted molar refractivity (Wildman–Crippen MR) is 63.6 cm³/mol. The summed E-state index contributed by atoms with van der Waals surface area (Å²) in [4.78, 5) is 8.48. The van der Waals surface area contributed by atoms with Crippen molar-refractivity contribution >= 4 is 22.6 Å². The minimum atomic E-state index is 0.132. The summed E-state index contributed by atoms with van der Waals surface area (Å²) in [5.41, 5.74) is 1.93. The maximum atomic E-state index is 5.89. The molecule has 0 saturated heterocycles. The lowest BCUT2D eigenvalue weighted by atomic mass is 10.3. The van der Waals surface area contributed by atoms with Gasteiger partial charge in [0.05, 0.1) is 30.2 Å². The average Bonchev–Trinajstić information content (AvgIpc) is 2.67. The summed E-state index contributed by atoms with van der Waals surface area (Å²) in [7, 11) is 1.70. The van der Waals surface area contributed by atoms with Gasteiger partial charge in [0, 0.05) is 13.3 Å². The van der Waals surface area contributed by atoms with Crippen LogP contribution in [0.3, 0.4) is 0 Å². The van der Waals surface area contributed by atoms with E-state index in [-0.39, 0.29) is 6.10 Å². The lowest BCUT2D eigenvalue weighted by molar-refractivity contribution is 0.103. The van der Waals surface area contributed by atoms with Crippen LogP contribution in [-0.2, 0) is 17.2 Å². The number of fused-ring (bicyclic) bond motifs is 1. The normalized spacial score (nSPS) is 13.2. The maximum absolute atomic E-state index is 5.89. The molecule has 0 fully saturated rings. The van der Waals surface area contributed by atoms with E-state index in [1.165, 1.54) is 0 Å². The molecule has 0 aromatic carbocycles. The Hall–Kier alpha value is -1.13. The number of halogens is 1. The second kappa shape index (κ2) is 4.80. The van der Waals surface area contributed by atoms with Gasteiger partial charge in [-0.05, 0) is 13.0 Å². The Bertz CT molecular complexity index is 483. The number of hydrogen-bond acceptors (Lipinski definition) is 3. The summed E-state index contributed by atoms with van der Waals surface area (Å²) >= 11 is 5.89. The quantitative estimate of drug-likeness (QED) is 0.768. The van der Waals surface area contributed by atoms with E-state index >= 15 is 0 Å². The van der Waals surface area contributed by atoms with Gasteiger partial charge in [0.25, 0.3) is 0 Å². The highest BCUT2D eigenvalue weighted by Gasteiger charge is 2.11. The van der Waals surface area contributed by atoms with E-state index in [9.17, 15) is 0 Å². The maximum Gasteiger partial charge on any atom is 0.125 e. The summed E-state index contributed by atoms with van der Waals surface area (Å²) in [6.45, 7) is 2.77. The third-order valence-electron chi connectivity index (χ3n) is 2.59. The van der Waals surface area contributed by atoms with Crippen LogP contribution in [0.1, 0.15) is 12.7 Å². The Morgan fingerprint density at radius 3 is 3.06 bits per heavy atom. The molecule has 0 saturated carbocycles. The highest BCUT2D eigenvalue weighted by molar-refractivity contribution is 6.16. The topological polar surface area (TPSA) is 39.9 Å². The number of methoxy groups -OCH3 is 1. The van der Waals surface area contributed by atoms with Crippen LogP contribution in [0.4, 0.5) is 0 Å². The van der Waals surface area contributed by atoms with Crippen LogP contribution >= 0.6 is 11.6 Å². The molecule has 0 aliphatic rings. The summed E-state index contributed by atoms with van der Waals surface area (Å²) in [6.07, 6.45) is 3.64. The van der Waals surface area contributed by atoms with Gasteiger partial charge in [0.15, 0.2) is 0 Å². The molecule has 2 aromatic rings. The van der Waals surface area contributed by atoms with Gasteiger partial charge < -0.3 is 9.30 Å². The first-order valence-electron chi connectivity index (χ1n) is 5.14. The highest BCUT2D eigenvalue weighted by atomic mass is 35.5. The lowest BCUT2D eigenvalue weighted by Crippen LogP contribution is -2.16. The summed E-state index contributed by atoms with van der Waals surface area (Å²) in [6, 6.07) is 1.95. The molecule has 0 aliphatic carbocycles. The Labute approximate surface area is 99.2 Å². The lowest BCUT2D eigenvalue weighted by Gasteiger charge is -2.12. The molecule has 1 unspecified atom stereocenters. The van der Waals surface area contributed by atoms with Crippen LogP contribution in [-0.4, -0.2) is 27.7 Å². The number of aromatic nitrogens is 3. The molecule has 4 nitrogen and oxygen atoms in total. The third kappa shape index (κ3) is 2.03. The summed E-state index contributed by atoms with van der Waals surface area (Å²) in [5, 5.41) is 0. The Morgan fingerprint density at radius 2 is 2.38 bits per heavy atom. The van der Waals surface area contributed by atoms with Crippen molar-refractivity contribution in [3.8, 4) is 0 Å². The van der Waals surface area contributed by atoms with Gasteiger partial charge >= 0.3 is 0 Å². The molecule has 16 heavy (non-hydrogen) atoms. The smallest absolute Gasteiger partial charge is 0.125 e. The number of pyridine rings is 1. The fraction of sp³-hybridized carbons (Fsp3) is 0.455. The van der Waals surface area contributed by atoms with Crippen molar-refractivity contribution < 1.29 is 4.74 Å². The van der Waals surface area contributed by atoms with Crippen LogP contribution < -0.4 is 0 Å². The van der Waals surface area contributed by atoms with Gasteiger partial charge in [-0.3, -0.25) is 4.98 Å². The number of imidazole rings is 1. The van der Waals surface area contributed by atoms with Crippen molar-refractivity contribution in [2.24, 2.45) is 0 Å². The monoisotopic (exact) mass is 239 g/mol. The molecule has 2 aromatic heterocycles. The standard InChI is InChI=1S/C11H14ClN3O/c1-8(16-2)7-15-10-3-4-13-6-9(10)14-11(15)5-12/h3-4,6,8H,5,7H2,1-2H3. The van der Waals surface area contributed by atoms with Crippen molar-refractivity contribution in [3.05, 3.63) is 24.3 Å². The van der Waals surface area contributed by atoms with E-state index in [1.807, 2.05) is 13.0 Å². The van der Waals surface area contributed by atoms with Gasteiger partial charge in [-0.15, -0.1) is 11.6 Å². The molecule has 2 heterocycles. The largest absolute Gasteiger partial charge is 0.380 e. The first kappa shape index (κ1) is 11.4. The fourth-order valence-corrected chi connectivity index (χ4v) is 1.87. The zero-order valence-corrected chi connectivity index (χ0v) is 10.1. The Kier molecular flexibility index (Phi) is 3.41. The van der Waals surface area contributed by atoms with Crippen molar-refractivity contribution in [2.45, 2.75) is 25.5 Å². The third-order valence-corrected chi connectivity index (χ3v) is 2.83.